The fourth-order valence-corrected chi connectivity index (χ4v) is 5.63. The Morgan fingerprint density at radius 1 is 0.772 bits per heavy atom. The van der Waals surface area contributed by atoms with Crippen molar-refractivity contribution < 1.29 is 71.9 Å². The van der Waals surface area contributed by atoms with Crippen molar-refractivity contribution in [3.05, 3.63) is 35.9 Å². The minimum atomic E-state index is -1.75. The molecule has 1 aromatic carbocycles. The number of rotatable bonds is 19. The zero-order valence-electron chi connectivity index (χ0n) is 32.7. The fourth-order valence-electron chi connectivity index (χ4n) is 5.63. The number of carbonyl (C=O) groups excluding carboxylic acids is 9. The second kappa shape index (κ2) is 22.7. The maximum absolute atomic E-state index is 13.8. The Labute approximate surface area is 328 Å². The number of esters is 3. The van der Waals surface area contributed by atoms with Crippen LogP contribution in [0.1, 0.15) is 66.9 Å². The topological polar surface area (TPSA) is 306 Å². The quantitative estimate of drug-likeness (QED) is 0.0607. The van der Waals surface area contributed by atoms with Gasteiger partial charge in [0.05, 0.1) is 12.5 Å². The Balaban J connectivity index is 2.48. The van der Waals surface area contributed by atoms with Gasteiger partial charge in [0.1, 0.15) is 43.5 Å². The molecule has 316 valence electrons. The summed E-state index contributed by atoms with van der Waals surface area (Å²) in [6.07, 6.45) is -9.32. The molecule has 0 aromatic heterocycles. The lowest BCUT2D eigenvalue weighted by atomic mass is 9.94. The van der Waals surface area contributed by atoms with Crippen molar-refractivity contribution in [3.8, 4) is 0 Å². The van der Waals surface area contributed by atoms with E-state index in [4.69, 9.17) is 29.4 Å². The van der Waals surface area contributed by atoms with Crippen LogP contribution in [0.25, 0.3) is 0 Å². The van der Waals surface area contributed by atoms with Gasteiger partial charge in [0.15, 0.2) is 18.4 Å². The molecule has 1 aliphatic heterocycles. The van der Waals surface area contributed by atoms with Crippen LogP contribution >= 0.6 is 0 Å². The van der Waals surface area contributed by atoms with Crippen LogP contribution in [-0.4, -0.2) is 120 Å². The second-order valence-corrected chi connectivity index (χ2v) is 13.6. The number of primary amides is 1. The van der Waals surface area contributed by atoms with Gasteiger partial charge in [0, 0.05) is 27.7 Å². The summed E-state index contributed by atoms with van der Waals surface area (Å²) < 4.78 is 27.1. The molecule has 6 amide bonds. The van der Waals surface area contributed by atoms with Crippen molar-refractivity contribution in [1.82, 2.24) is 26.6 Å². The molecule has 1 saturated heterocycles. The number of hydrogen-bond donors (Lipinski definition) is 7. The van der Waals surface area contributed by atoms with E-state index in [1.807, 2.05) is 0 Å². The SMILES string of the molecule is CC(=O)N[C@@H]1[C@@H](OC(C)=O)[C@H](OC(C)=O)[C@@H](COC(C)=O)O[C@H]1NC(=O)C[C@H](NC(=O)OCc1ccccc1)C(=O)N[C@@H](CC(C)C)C(=O)N[C@H](C(N)=O)[C@@H](C)O. The third kappa shape index (κ3) is 16.4. The Kier molecular flexibility index (Phi) is 18.8. The summed E-state index contributed by atoms with van der Waals surface area (Å²) in [6.45, 7) is 8.19. The molecule has 0 spiro atoms. The molecular formula is C36H52N6O15. The van der Waals surface area contributed by atoms with Crippen LogP contribution in [0, 0.1) is 5.92 Å². The van der Waals surface area contributed by atoms with E-state index in [1.165, 1.54) is 6.92 Å². The second-order valence-electron chi connectivity index (χ2n) is 13.6. The largest absolute Gasteiger partial charge is 0.463 e. The Hall–Kier alpha value is -5.83. The molecule has 1 aromatic rings. The molecule has 0 saturated carbocycles. The highest BCUT2D eigenvalue weighted by atomic mass is 16.6. The molecule has 57 heavy (non-hydrogen) atoms. The van der Waals surface area contributed by atoms with Gasteiger partial charge in [0.25, 0.3) is 0 Å². The van der Waals surface area contributed by atoms with Gasteiger partial charge >= 0.3 is 24.0 Å². The van der Waals surface area contributed by atoms with E-state index in [2.05, 4.69) is 26.6 Å². The number of aliphatic hydroxyl groups is 1. The number of aliphatic hydroxyl groups excluding tert-OH is 1. The molecule has 0 bridgehead atoms. The summed E-state index contributed by atoms with van der Waals surface area (Å²) in [6, 6.07) is 2.44. The predicted molar refractivity (Wildman–Crippen MR) is 195 cm³/mol. The summed E-state index contributed by atoms with van der Waals surface area (Å²) in [5, 5.41) is 22.0. The first-order valence-electron chi connectivity index (χ1n) is 17.9. The zero-order chi connectivity index (χ0) is 43.0. The summed E-state index contributed by atoms with van der Waals surface area (Å²) in [5.74, 6) is -7.41. The van der Waals surface area contributed by atoms with Crippen molar-refractivity contribution in [3.63, 3.8) is 0 Å². The van der Waals surface area contributed by atoms with E-state index in [9.17, 15) is 48.3 Å². The monoisotopic (exact) mass is 808 g/mol. The first-order chi connectivity index (χ1) is 26.7. The van der Waals surface area contributed by atoms with E-state index in [1.54, 1.807) is 44.2 Å². The minimum Gasteiger partial charge on any atom is -0.463 e. The normalized spacial score (nSPS) is 20.9. The van der Waals surface area contributed by atoms with Crippen molar-refractivity contribution in [2.75, 3.05) is 6.61 Å². The number of carbonyl (C=O) groups is 9. The van der Waals surface area contributed by atoms with Crippen molar-refractivity contribution in [2.45, 2.75) is 123 Å². The molecule has 0 unspecified atom stereocenters. The lowest BCUT2D eigenvalue weighted by Crippen LogP contribution is -2.69. The molecule has 1 heterocycles. The molecule has 9 atom stereocenters. The number of ether oxygens (including phenoxy) is 5. The maximum Gasteiger partial charge on any atom is 0.408 e. The number of benzene rings is 1. The number of amides is 6. The maximum atomic E-state index is 13.8. The molecule has 0 radical (unpaired) electrons. The number of nitrogens with two attached hydrogens (primary N) is 1. The summed E-state index contributed by atoms with van der Waals surface area (Å²) >= 11 is 0. The van der Waals surface area contributed by atoms with E-state index < -0.39 is 121 Å². The van der Waals surface area contributed by atoms with Crippen molar-refractivity contribution in [1.29, 1.82) is 0 Å². The molecular weight excluding hydrogens is 756 g/mol. The average Bonchev–Trinajstić information content (AvgIpc) is 3.10. The molecule has 0 aliphatic carbocycles. The van der Waals surface area contributed by atoms with Gasteiger partial charge in [-0.2, -0.15) is 0 Å². The van der Waals surface area contributed by atoms with Gasteiger partial charge in [-0.3, -0.25) is 38.4 Å². The first kappa shape index (κ1) is 47.3. The highest BCUT2D eigenvalue weighted by Gasteiger charge is 2.51. The van der Waals surface area contributed by atoms with Gasteiger partial charge in [-0.05, 0) is 24.8 Å². The zero-order valence-corrected chi connectivity index (χ0v) is 32.7. The van der Waals surface area contributed by atoms with Crippen molar-refractivity contribution >= 4 is 53.5 Å². The minimum absolute atomic E-state index is 0.000690. The number of hydrogen-bond acceptors (Lipinski definition) is 15. The van der Waals surface area contributed by atoms with Crippen LogP contribution < -0.4 is 32.3 Å². The predicted octanol–water partition coefficient (Wildman–Crippen LogP) is -1.67. The Morgan fingerprint density at radius 3 is 1.89 bits per heavy atom. The fraction of sp³-hybridized carbons (Fsp3) is 0.583. The van der Waals surface area contributed by atoms with E-state index in [0.29, 0.717) is 5.56 Å². The van der Waals surface area contributed by atoms with Crippen LogP contribution in [0.4, 0.5) is 4.79 Å². The van der Waals surface area contributed by atoms with Crippen LogP contribution in [0.2, 0.25) is 0 Å². The third-order valence-corrected chi connectivity index (χ3v) is 8.06. The molecule has 1 fully saturated rings. The van der Waals surface area contributed by atoms with Crippen molar-refractivity contribution in [2.24, 2.45) is 11.7 Å². The van der Waals surface area contributed by atoms with E-state index in [0.717, 1.165) is 27.7 Å². The highest BCUT2D eigenvalue weighted by molar-refractivity contribution is 5.95. The van der Waals surface area contributed by atoms with Crippen LogP contribution in [0.15, 0.2) is 30.3 Å². The van der Waals surface area contributed by atoms with Gasteiger partial charge in [0.2, 0.25) is 29.5 Å². The third-order valence-electron chi connectivity index (χ3n) is 8.06. The molecule has 21 nitrogen and oxygen atoms in total. The number of alkyl carbamates (subject to hydrolysis) is 1. The first-order valence-corrected chi connectivity index (χ1v) is 17.9. The smallest absolute Gasteiger partial charge is 0.408 e. The van der Waals surface area contributed by atoms with Crippen LogP contribution in [0.5, 0.6) is 0 Å². The molecule has 1 aliphatic rings. The van der Waals surface area contributed by atoms with Gasteiger partial charge < -0.3 is 61.1 Å². The highest BCUT2D eigenvalue weighted by Crippen LogP contribution is 2.26. The molecule has 8 N–H and O–H groups in total. The summed E-state index contributed by atoms with van der Waals surface area (Å²) in [5.41, 5.74) is 5.92. The lowest BCUT2D eigenvalue weighted by Gasteiger charge is -2.45. The summed E-state index contributed by atoms with van der Waals surface area (Å²) in [4.78, 5) is 114. The summed E-state index contributed by atoms with van der Waals surface area (Å²) in [7, 11) is 0. The lowest BCUT2D eigenvalue weighted by molar-refractivity contribution is -0.228. The van der Waals surface area contributed by atoms with E-state index >= 15 is 0 Å². The Morgan fingerprint density at radius 2 is 1.37 bits per heavy atom. The van der Waals surface area contributed by atoms with Gasteiger partial charge in [-0.15, -0.1) is 0 Å². The average molecular weight is 809 g/mol. The standard InChI is InChI=1S/C36H52N6O15/c1-17(2)13-24(34(51)42-28(18(3)43)32(37)49)39-33(50)25(40-36(52)54-15-23-11-9-8-10-12-23)14-27(48)41-35-29(38-19(4)44)31(56-22(7)47)30(55-21(6)46)26(57-35)16-53-20(5)45/h8-12,17-18,24-26,28-31,35,43H,13-16H2,1-7H3,(H2,37,49)(H,38,44)(H,39,50)(H,40,52)(H,41,48)(H,42,51)/t18-,24+,25+,26-,28+,29-,30-,31-,35-/m1/s1. The van der Waals surface area contributed by atoms with Gasteiger partial charge in [-0.1, -0.05) is 44.2 Å². The van der Waals surface area contributed by atoms with E-state index in [-0.39, 0.29) is 18.9 Å². The molecule has 2 rings (SSSR count). The Bertz CT molecular complexity index is 1610. The van der Waals surface area contributed by atoms with Crippen LogP contribution in [0.3, 0.4) is 0 Å². The van der Waals surface area contributed by atoms with Crippen LogP contribution in [-0.2, 0) is 68.6 Å². The molecule has 21 heteroatoms. The van der Waals surface area contributed by atoms with Gasteiger partial charge in [-0.25, -0.2) is 4.79 Å². The number of nitrogens with one attached hydrogen (secondary N) is 5.